The van der Waals surface area contributed by atoms with Gasteiger partial charge in [-0.1, -0.05) is 24.4 Å². The third-order valence-corrected chi connectivity index (χ3v) is 4.49. The van der Waals surface area contributed by atoms with Crippen LogP contribution in [-0.4, -0.2) is 19.7 Å². The molecule has 3 rings (SSSR count). The molecule has 1 fully saturated rings. The monoisotopic (exact) mass is 310 g/mol. The first-order chi connectivity index (χ1) is 9.70. The third kappa shape index (κ3) is 2.42. The number of rotatable bonds is 3. The van der Waals surface area contributed by atoms with Gasteiger partial charge in [0.1, 0.15) is 11.5 Å². The lowest BCUT2D eigenvalue weighted by molar-refractivity contribution is 0.671. The van der Waals surface area contributed by atoms with Gasteiger partial charge in [0.2, 0.25) is 0 Å². The van der Waals surface area contributed by atoms with E-state index in [2.05, 4.69) is 15.1 Å². The summed E-state index contributed by atoms with van der Waals surface area (Å²) >= 11 is 12.5. The van der Waals surface area contributed by atoms with E-state index in [-0.39, 0.29) is 0 Å². The molecule has 2 heterocycles. The summed E-state index contributed by atoms with van der Waals surface area (Å²) in [4.78, 5) is 8.35. The second-order valence-electron chi connectivity index (χ2n) is 5.20. The normalized spacial score (nSPS) is 15.9. The average molecular weight is 311 g/mol. The molecule has 0 saturated heterocycles. The maximum atomic E-state index is 6.45. The Hall–Kier alpha value is -1.13. The van der Waals surface area contributed by atoms with Gasteiger partial charge in [0.15, 0.2) is 5.82 Å². The van der Waals surface area contributed by atoms with Crippen molar-refractivity contribution in [1.82, 2.24) is 19.7 Å². The zero-order valence-corrected chi connectivity index (χ0v) is 12.8. The van der Waals surface area contributed by atoms with E-state index < -0.39 is 0 Å². The second kappa shape index (κ2) is 5.70. The van der Waals surface area contributed by atoms with Gasteiger partial charge >= 0.3 is 0 Å². The minimum absolute atomic E-state index is 0.384. The summed E-state index contributed by atoms with van der Waals surface area (Å²) < 4.78 is 1.68. The van der Waals surface area contributed by atoms with Gasteiger partial charge in [-0.25, -0.2) is 14.6 Å². The molecule has 2 aromatic rings. The van der Waals surface area contributed by atoms with Gasteiger partial charge in [-0.3, -0.25) is 0 Å². The summed E-state index contributed by atoms with van der Waals surface area (Å²) in [7, 11) is 0. The number of nitrogens with zero attached hydrogens (tertiary/aromatic N) is 4. The van der Waals surface area contributed by atoms with Crippen LogP contribution in [0.15, 0.2) is 12.4 Å². The Morgan fingerprint density at radius 2 is 2.05 bits per heavy atom. The molecule has 0 aliphatic heterocycles. The van der Waals surface area contributed by atoms with Crippen LogP contribution >= 0.6 is 23.2 Å². The maximum absolute atomic E-state index is 6.45. The summed E-state index contributed by atoms with van der Waals surface area (Å²) in [6, 6.07) is 1.87. The molecule has 0 bridgehead atoms. The number of aryl methyl sites for hydroxylation is 1. The Bertz CT molecular complexity index is 618. The number of alkyl halides is 1. The predicted octanol–water partition coefficient (Wildman–Crippen LogP) is 4.02. The fourth-order valence-electron chi connectivity index (χ4n) is 2.80. The van der Waals surface area contributed by atoms with Crippen LogP contribution in [-0.2, 0) is 5.88 Å². The molecule has 20 heavy (non-hydrogen) atoms. The first-order valence-corrected chi connectivity index (χ1v) is 7.74. The molecular weight excluding hydrogens is 295 g/mol. The van der Waals surface area contributed by atoms with Crippen LogP contribution in [0.4, 0.5) is 0 Å². The molecule has 0 amide bonds. The van der Waals surface area contributed by atoms with Crippen LogP contribution in [0.2, 0.25) is 5.15 Å². The molecule has 0 atom stereocenters. The minimum Gasteiger partial charge on any atom is -0.242 e. The highest BCUT2D eigenvalue weighted by molar-refractivity contribution is 6.31. The number of halogens is 2. The molecular formula is C14H16Cl2N4. The largest absolute Gasteiger partial charge is 0.242 e. The molecule has 0 unspecified atom stereocenters. The summed E-state index contributed by atoms with van der Waals surface area (Å²) in [5.41, 5.74) is 2.87. The molecule has 2 aromatic heterocycles. The van der Waals surface area contributed by atoms with Crippen molar-refractivity contribution in [3.05, 3.63) is 34.5 Å². The van der Waals surface area contributed by atoms with E-state index >= 15 is 0 Å². The van der Waals surface area contributed by atoms with Crippen LogP contribution in [0.5, 0.6) is 0 Å². The van der Waals surface area contributed by atoms with Crippen LogP contribution in [0, 0.1) is 6.92 Å². The maximum Gasteiger partial charge on any atom is 0.158 e. The van der Waals surface area contributed by atoms with Crippen LogP contribution in [0.25, 0.3) is 5.82 Å². The summed E-state index contributed by atoms with van der Waals surface area (Å²) in [5.74, 6) is 1.55. The van der Waals surface area contributed by atoms with Gasteiger partial charge in [0.05, 0.1) is 11.6 Å². The van der Waals surface area contributed by atoms with Crippen LogP contribution < -0.4 is 0 Å². The highest BCUT2D eigenvalue weighted by Gasteiger charge is 2.26. The lowest BCUT2D eigenvalue weighted by atomic mass is 10.0. The smallest absolute Gasteiger partial charge is 0.158 e. The summed E-state index contributed by atoms with van der Waals surface area (Å²) in [6.45, 7) is 1.92. The Morgan fingerprint density at radius 1 is 1.30 bits per heavy atom. The van der Waals surface area contributed by atoms with Crippen molar-refractivity contribution in [3.63, 3.8) is 0 Å². The molecule has 0 spiro atoms. The van der Waals surface area contributed by atoms with Crippen molar-refractivity contribution in [2.75, 3.05) is 0 Å². The lowest BCUT2D eigenvalue weighted by Gasteiger charge is -2.06. The van der Waals surface area contributed by atoms with E-state index in [0.29, 0.717) is 22.8 Å². The molecule has 1 aliphatic rings. The van der Waals surface area contributed by atoms with E-state index in [1.165, 1.54) is 32.0 Å². The Labute approximate surface area is 128 Å². The van der Waals surface area contributed by atoms with E-state index in [1.54, 1.807) is 4.68 Å². The molecule has 0 aromatic carbocycles. The van der Waals surface area contributed by atoms with Crippen molar-refractivity contribution in [1.29, 1.82) is 0 Å². The molecule has 1 aliphatic carbocycles. The average Bonchev–Trinajstić information content (AvgIpc) is 3.05. The molecule has 106 valence electrons. The molecule has 4 nitrogen and oxygen atoms in total. The standard InChI is InChI=1S/C14H16Cl2N4/c1-9-6-12(18-8-17-9)20-14(16)11(7-15)13(19-20)10-4-2-3-5-10/h6,8,10H,2-5,7H2,1H3. The van der Waals surface area contributed by atoms with Gasteiger partial charge in [0.25, 0.3) is 0 Å². The van der Waals surface area contributed by atoms with Gasteiger partial charge < -0.3 is 0 Å². The zero-order valence-electron chi connectivity index (χ0n) is 11.3. The van der Waals surface area contributed by atoms with Gasteiger partial charge in [-0.2, -0.15) is 5.10 Å². The van der Waals surface area contributed by atoms with Crippen LogP contribution in [0.3, 0.4) is 0 Å². The molecule has 0 N–H and O–H groups in total. The highest BCUT2D eigenvalue weighted by Crippen LogP contribution is 2.38. The van der Waals surface area contributed by atoms with Crippen molar-refractivity contribution < 1.29 is 0 Å². The van der Waals surface area contributed by atoms with Crippen LogP contribution in [0.1, 0.15) is 48.6 Å². The Morgan fingerprint density at radius 3 is 2.70 bits per heavy atom. The number of hydrogen-bond acceptors (Lipinski definition) is 3. The van der Waals surface area contributed by atoms with E-state index in [9.17, 15) is 0 Å². The van der Waals surface area contributed by atoms with Crippen molar-refractivity contribution in [2.45, 2.75) is 44.4 Å². The SMILES string of the molecule is Cc1cc(-n2nc(C3CCCC3)c(CCl)c2Cl)ncn1. The summed E-state index contributed by atoms with van der Waals surface area (Å²) in [6.07, 6.45) is 6.37. The molecule has 0 radical (unpaired) electrons. The first kappa shape index (κ1) is 13.8. The molecule has 6 heteroatoms. The topological polar surface area (TPSA) is 43.6 Å². The first-order valence-electron chi connectivity index (χ1n) is 6.83. The van der Waals surface area contributed by atoms with Crippen molar-refractivity contribution in [3.8, 4) is 5.82 Å². The van der Waals surface area contributed by atoms with E-state index in [4.69, 9.17) is 23.2 Å². The Kier molecular flexibility index (Phi) is 3.94. The van der Waals surface area contributed by atoms with Gasteiger partial charge in [-0.15, -0.1) is 11.6 Å². The lowest BCUT2D eigenvalue weighted by Crippen LogP contribution is -2.02. The fourth-order valence-corrected chi connectivity index (χ4v) is 3.42. The second-order valence-corrected chi connectivity index (χ2v) is 5.82. The molecule has 1 saturated carbocycles. The Balaban J connectivity index is 2.08. The number of aromatic nitrogens is 4. The fraction of sp³-hybridized carbons (Fsp3) is 0.500. The van der Waals surface area contributed by atoms with E-state index in [0.717, 1.165) is 17.0 Å². The van der Waals surface area contributed by atoms with Gasteiger partial charge in [0, 0.05) is 23.2 Å². The van der Waals surface area contributed by atoms with Crippen molar-refractivity contribution in [2.24, 2.45) is 0 Å². The predicted molar refractivity (Wildman–Crippen MR) is 79.7 cm³/mol. The van der Waals surface area contributed by atoms with Crippen molar-refractivity contribution >= 4 is 23.2 Å². The minimum atomic E-state index is 0.384. The number of hydrogen-bond donors (Lipinski definition) is 0. The third-order valence-electron chi connectivity index (χ3n) is 3.83. The highest BCUT2D eigenvalue weighted by atomic mass is 35.5. The van der Waals surface area contributed by atoms with E-state index in [1.807, 2.05) is 13.0 Å². The summed E-state index contributed by atoms with van der Waals surface area (Å²) in [5, 5.41) is 5.25. The zero-order chi connectivity index (χ0) is 14.1. The quantitative estimate of drug-likeness (QED) is 0.804. The van der Waals surface area contributed by atoms with Gasteiger partial charge in [-0.05, 0) is 19.8 Å².